The molecule has 30 heavy (non-hydrogen) atoms. The molecule has 2 aromatic rings. The molecule has 0 unspecified atom stereocenters. The van der Waals surface area contributed by atoms with Gasteiger partial charge in [-0.25, -0.2) is 0 Å². The Balaban J connectivity index is 2.06. The van der Waals surface area contributed by atoms with Crippen LogP contribution in [0.4, 0.5) is 11.4 Å². The number of rotatable bonds is 9. The zero-order valence-electron chi connectivity index (χ0n) is 17.7. The third-order valence-corrected chi connectivity index (χ3v) is 4.47. The Bertz CT molecular complexity index is 918. The quantitative estimate of drug-likeness (QED) is 0.628. The number of methoxy groups -OCH3 is 2. The van der Waals surface area contributed by atoms with Crippen LogP contribution in [0.15, 0.2) is 30.3 Å². The van der Waals surface area contributed by atoms with E-state index in [0.717, 1.165) is 5.56 Å². The molecule has 0 aliphatic rings. The maximum absolute atomic E-state index is 12.4. The van der Waals surface area contributed by atoms with Crippen molar-refractivity contribution in [2.45, 2.75) is 6.92 Å². The summed E-state index contributed by atoms with van der Waals surface area (Å²) in [6.07, 6.45) is 0. The van der Waals surface area contributed by atoms with Gasteiger partial charge in [0.2, 0.25) is 5.91 Å². The number of amides is 2. The van der Waals surface area contributed by atoms with E-state index in [2.05, 4.69) is 10.6 Å². The van der Waals surface area contributed by atoms with Crippen molar-refractivity contribution in [2.24, 2.45) is 0 Å². The van der Waals surface area contributed by atoms with Gasteiger partial charge in [-0.2, -0.15) is 0 Å². The molecule has 0 bridgehead atoms. The van der Waals surface area contributed by atoms with Crippen molar-refractivity contribution in [1.82, 2.24) is 4.90 Å². The van der Waals surface area contributed by atoms with E-state index in [1.165, 1.54) is 19.1 Å². The number of carbonyl (C=O) groups is 2. The van der Waals surface area contributed by atoms with Crippen molar-refractivity contribution in [3.05, 3.63) is 40.9 Å². The van der Waals surface area contributed by atoms with E-state index >= 15 is 0 Å². The van der Waals surface area contributed by atoms with E-state index in [9.17, 15) is 9.59 Å². The summed E-state index contributed by atoms with van der Waals surface area (Å²) in [5, 5.41) is 6.13. The minimum Gasteiger partial charge on any atom is -0.495 e. The lowest BCUT2D eigenvalue weighted by Gasteiger charge is -2.16. The summed E-state index contributed by atoms with van der Waals surface area (Å²) in [5.41, 5.74) is 1.99. The van der Waals surface area contributed by atoms with Crippen molar-refractivity contribution < 1.29 is 23.8 Å². The van der Waals surface area contributed by atoms with Crippen LogP contribution >= 0.6 is 11.6 Å². The first-order valence-electron chi connectivity index (χ1n) is 9.14. The number of ether oxygens (including phenoxy) is 3. The lowest BCUT2D eigenvalue weighted by molar-refractivity contribution is -0.130. The first kappa shape index (κ1) is 23.2. The van der Waals surface area contributed by atoms with Crippen molar-refractivity contribution in [2.75, 3.05) is 52.1 Å². The molecular weight excluding hydrogens is 410 g/mol. The Labute approximate surface area is 181 Å². The second-order valence-corrected chi connectivity index (χ2v) is 7.07. The highest BCUT2D eigenvalue weighted by molar-refractivity contribution is 6.32. The van der Waals surface area contributed by atoms with Crippen LogP contribution in [-0.4, -0.2) is 58.2 Å². The molecule has 2 amide bonds. The van der Waals surface area contributed by atoms with Crippen LogP contribution in [0, 0.1) is 6.92 Å². The van der Waals surface area contributed by atoms with E-state index in [1.54, 1.807) is 38.4 Å². The molecule has 9 heteroatoms. The Morgan fingerprint density at radius 2 is 1.70 bits per heavy atom. The summed E-state index contributed by atoms with van der Waals surface area (Å²) in [6, 6.07) is 8.63. The fourth-order valence-electron chi connectivity index (χ4n) is 2.49. The fourth-order valence-corrected chi connectivity index (χ4v) is 2.73. The average molecular weight is 436 g/mol. The van der Waals surface area contributed by atoms with Gasteiger partial charge in [-0.05, 0) is 30.7 Å². The van der Waals surface area contributed by atoms with Crippen LogP contribution in [0.2, 0.25) is 5.02 Å². The number of hydrogen-bond donors (Lipinski definition) is 2. The molecule has 2 N–H and O–H groups in total. The molecule has 2 aromatic carbocycles. The van der Waals surface area contributed by atoms with E-state index in [-0.39, 0.29) is 25.0 Å². The molecule has 0 radical (unpaired) electrons. The van der Waals surface area contributed by atoms with Crippen molar-refractivity contribution in [1.29, 1.82) is 0 Å². The Morgan fingerprint density at radius 1 is 1.00 bits per heavy atom. The van der Waals surface area contributed by atoms with Crippen LogP contribution in [0.5, 0.6) is 17.2 Å². The molecular formula is C21H26ClN3O5. The third-order valence-electron chi connectivity index (χ3n) is 4.17. The number of halogens is 1. The maximum atomic E-state index is 12.4. The van der Waals surface area contributed by atoms with Gasteiger partial charge in [0.15, 0.2) is 6.61 Å². The molecule has 0 fully saturated rings. The first-order valence-corrected chi connectivity index (χ1v) is 9.51. The SMILES string of the molecule is COc1cc(OC)c(NC(=O)CNc2ccc(C)cc2OCC(=O)N(C)C)cc1Cl. The minimum atomic E-state index is -0.314. The smallest absolute Gasteiger partial charge is 0.259 e. The first-order chi connectivity index (χ1) is 14.2. The number of nitrogens with one attached hydrogen (secondary N) is 2. The largest absolute Gasteiger partial charge is 0.495 e. The maximum Gasteiger partial charge on any atom is 0.259 e. The van der Waals surface area contributed by atoms with Crippen LogP contribution in [0.1, 0.15) is 5.56 Å². The predicted molar refractivity (Wildman–Crippen MR) is 117 cm³/mol. The second-order valence-electron chi connectivity index (χ2n) is 6.67. The molecule has 0 aliphatic carbocycles. The number of benzene rings is 2. The van der Waals surface area contributed by atoms with Gasteiger partial charge in [0, 0.05) is 20.2 Å². The molecule has 0 aliphatic heterocycles. The monoisotopic (exact) mass is 435 g/mol. The summed E-state index contributed by atoms with van der Waals surface area (Å²) >= 11 is 6.14. The van der Waals surface area contributed by atoms with Gasteiger partial charge in [-0.15, -0.1) is 0 Å². The number of anilines is 2. The summed E-state index contributed by atoms with van der Waals surface area (Å²) in [4.78, 5) is 25.7. The summed E-state index contributed by atoms with van der Waals surface area (Å²) in [5.74, 6) is 0.877. The van der Waals surface area contributed by atoms with Crippen LogP contribution in [0.3, 0.4) is 0 Å². The van der Waals surface area contributed by atoms with Gasteiger partial charge in [-0.1, -0.05) is 17.7 Å². The lowest BCUT2D eigenvalue weighted by atomic mass is 10.2. The van der Waals surface area contributed by atoms with Gasteiger partial charge in [0.05, 0.1) is 37.2 Å². The van der Waals surface area contributed by atoms with Gasteiger partial charge in [-0.3, -0.25) is 9.59 Å². The highest BCUT2D eigenvalue weighted by Gasteiger charge is 2.14. The van der Waals surface area contributed by atoms with E-state index < -0.39 is 0 Å². The Morgan fingerprint density at radius 3 is 2.33 bits per heavy atom. The predicted octanol–water partition coefficient (Wildman–Crippen LogP) is 3.18. The van der Waals surface area contributed by atoms with E-state index in [1.807, 2.05) is 13.0 Å². The minimum absolute atomic E-state index is 0.0339. The lowest BCUT2D eigenvalue weighted by Crippen LogP contribution is -2.28. The number of carbonyl (C=O) groups excluding carboxylic acids is 2. The number of hydrogen-bond acceptors (Lipinski definition) is 6. The van der Waals surface area contributed by atoms with Crippen LogP contribution in [0.25, 0.3) is 0 Å². The summed E-state index contributed by atoms with van der Waals surface area (Å²) < 4.78 is 16.1. The number of likely N-dealkylation sites (N-methyl/N-ethyl adjacent to an activating group) is 1. The van der Waals surface area contributed by atoms with Crippen LogP contribution < -0.4 is 24.8 Å². The van der Waals surface area contributed by atoms with Gasteiger partial charge >= 0.3 is 0 Å². The van der Waals surface area contributed by atoms with Crippen molar-refractivity contribution in [3.8, 4) is 17.2 Å². The van der Waals surface area contributed by atoms with E-state index in [0.29, 0.717) is 33.6 Å². The van der Waals surface area contributed by atoms with Gasteiger partial charge in [0.1, 0.15) is 17.2 Å². The number of nitrogens with zero attached hydrogens (tertiary/aromatic N) is 1. The fraction of sp³-hybridized carbons (Fsp3) is 0.333. The summed E-state index contributed by atoms with van der Waals surface area (Å²) in [6.45, 7) is 1.78. The second kappa shape index (κ2) is 10.6. The normalized spacial score (nSPS) is 10.2. The molecule has 8 nitrogen and oxygen atoms in total. The van der Waals surface area contributed by atoms with Crippen molar-refractivity contribution in [3.63, 3.8) is 0 Å². The molecule has 0 spiro atoms. The third kappa shape index (κ3) is 6.18. The molecule has 162 valence electrons. The highest BCUT2D eigenvalue weighted by Crippen LogP contribution is 2.35. The Kier molecular flexibility index (Phi) is 8.17. The van der Waals surface area contributed by atoms with Crippen LogP contribution in [-0.2, 0) is 9.59 Å². The molecule has 0 atom stereocenters. The molecule has 0 heterocycles. The molecule has 0 saturated carbocycles. The van der Waals surface area contributed by atoms with Gasteiger partial charge < -0.3 is 29.7 Å². The Hall–Kier alpha value is -3.13. The molecule has 0 aromatic heterocycles. The topological polar surface area (TPSA) is 89.1 Å². The average Bonchev–Trinajstić information content (AvgIpc) is 2.71. The van der Waals surface area contributed by atoms with Gasteiger partial charge in [0.25, 0.3) is 5.91 Å². The number of aryl methyl sites for hydroxylation is 1. The zero-order valence-corrected chi connectivity index (χ0v) is 18.4. The van der Waals surface area contributed by atoms with Crippen molar-refractivity contribution >= 4 is 34.8 Å². The van der Waals surface area contributed by atoms with E-state index in [4.69, 9.17) is 25.8 Å². The molecule has 0 saturated heterocycles. The standard InChI is InChI=1S/C21H26ClN3O5/c1-13-6-7-15(19(8-13)30-12-21(27)25(2)3)23-11-20(26)24-16-9-14(22)17(28-4)10-18(16)29-5/h6-10,23H,11-12H2,1-5H3,(H,24,26). The highest BCUT2D eigenvalue weighted by atomic mass is 35.5. The zero-order chi connectivity index (χ0) is 22.3. The summed E-state index contributed by atoms with van der Waals surface area (Å²) in [7, 11) is 6.30. The molecule has 2 rings (SSSR count).